The van der Waals surface area contributed by atoms with Crippen LogP contribution in [0.5, 0.6) is 0 Å². The first-order valence-corrected chi connectivity index (χ1v) is 6.77. The van der Waals surface area contributed by atoms with E-state index in [1.165, 1.54) is 0 Å². The standard InChI is InChI=1S/C6H9NO2.C6H5NOS.H2/c8-5-3-1-2-4-6(9)7-5;8-6-5-3-9-2-4(5)1-7-6;/h1-4H2,(H,7,8,9);2-3H,1H2,(H,7,8);1H. The van der Waals surface area contributed by atoms with Crippen molar-refractivity contribution in [3.05, 3.63) is 21.9 Å². The van der Waals surface area contributed by atoms with E-state index >= 15 is 0 Å². The smallest absolute Gasteiger partial charge is 0.252 e. The summed E-state index contributed by atoms with van der Waals surface area (Å²) in [7, 11) is 0. The number of hydrogen-bond donors (Lipinski definition) is 2. The summed E-state index contributed by atoms with van der Waals surface area (Å²) in [5.74, 6) is -0.179. The fraction of sp³-hybridized carbons (Fsp3) is 0.417. The van der Waals surface area contributed by atoms with Crippen molar-refractivity contribution < 1.29 is 15.8 Å². The molecular formula is C12H16N2O3S. The van der Waals surface area contributed by atoms with Gasteiger partial charge in [0.25, 0.3) is 5.91 Å². The Morgan fingerprint density at radius 2 is 1.72 bits per heavy atom. The van der Waals surface area contributed by atoms with E-state index in [-0.39, 0.29) is 19.1 Å². The average molecular weight is 268 g/mol. The molecule has 0 aromatic carbocycles. The zero-order valence-corrected chi connectivity index (χ0v) is 10.6. The van der Waals surface area contributed by atoms with E-state index in [2.05, 4.69) is 10.6 Å². The number of rotatable bonds is 0. The van der Waals surface area contributed by atoms with Crippen molar-refractivity contribution in [3.8, 4) is 0 Å². The van der Waals surface area contributed by atoms with Gasteiger partial charge in [-0.1, -0.05) is 0 Å². The van der Waals surface area contributed by atoms with E-state index in [1.807, 2.05) is 10.8 Å². The molecule has 1 aromatic heterocycles. The topological polar surface area (TPSA) is 75.3 Å². The van der Waals surface area contributed by atoms with Crippen LogP contribution < -0.4 is 10.6 Å². The third-order valence-corrected chi connectivity index (χ3v) is 3.56. The van der Waals surface area contributed by atoms with Crippen molar-refractivity contribution in [1.82, 2.24) is 10.6 Å². The highest BCUT2D eigenvalue weighted by molar-refractivity contribution is 7.08. The van der Waals surface area contributed by atoms with Crippen LogP contribution in [0.3, 0.4) is 0 Å². The second-order valence-corrected chi connectivity index (χ2v) is 4.92. The van der Waals surface area contributed by atoms with Gasteiger partial charge >= 0.3 is 0 Å². The Kier molecular flexibility index (Phi) is 4.09. The molecule has 0 aliphatic carbocycles. The average Bonchev–Trinajstić information content (AvgIpc) is 2.86. The molecule has 2 N–H and O–H groups in total. The molecule has 1 fully saturated rings. The SMILES string of the molecule is O=C1CCCCC(=O)N1.O=C1NCc2cscc21.[HH]. The number of carbonyl (C=O) groups is 3. The molecule has 3 amide bonds. The second-order valence-electron chi connectivity index (χ2n) is 4.17. The highest BCUT2D eigenvalue weighted by Crippen LogP contribution is 2.18. The number of thiophene rings is 1. The van der Waals surface area contributed by atoms with E-state index in [0.29, 0.717) is 12.8 Å². The highest BCUT2D eigenvalue weighted by Gasteiger charge is 2.18. The Balaban J connectivity index is 0.000000180. The van der Waals surface area contributed by atoms with Crippen LogP contribution in [0.4, 0.5) is 0 Å². The van der Waals surface area contributed by atoms with Gasteiger partial charge in [0.2, 0.25) is 11.8 Å². The number of imide groups is 1. The number of fused-ring (bicyclic) bond motifs is 1. The van der Waals surface area contributed by atoms with Crippen molar-refractivity contribution in [2.45, 2.75) is 32.2 Å². The summed E-state index contributed by atoms with van der Waals surface area (Å²) in [6.07, 6.45) is 2.70. The molecule has 3 heterocycles. The first-order valence-electron chi connectivity index (χ1n) is 5.83. The summed E-state index contributed by atoms with van der Waals surface area (Å²) < 4.78 is 0. The van der Waals surface area contributed by atoms with Gasteiger partial charge < -0.3 is 5.32 Å². The number of nitrogens with one attached hydrogen (secondary N) is 2. The molecule has 5 nitrogen and oxygen atoms in total. The second kappa shape index (κ2) is 5.77. The maximum absolute atomic E-state index is 10.8. The lowest BCUT2D eigenvalue weighted by molar-refractivity contribution is -0.129. The molecule has 3 rings (SSSR count). The first kappa shape index (κ1) is 12.8. The van der Waals surface area contributed by atoms with Gasteiger partial charge in [-0.05, 0) is 23.8 Å². The molecule has 0 bridgehead atoms. The van der Waals surface area contributed by atoms with Gasteiger partial charge in [0.1, 0.15) is 0 Å². The Bertz CT molecular complexity index is 471. The Labute approximate surface area is 110 Å². The van der Waals surface area contributed by atoms with E-state index < -0.39 is 0 Å². The summed E-state index contributed by atoms with van der Waals surface area (Å²) in [4.78, 5) is 31.9. The van der Waals surface area contributed by atoms with Crippen molar-refractivity contribution in [2.75, 3.05) is 0 Å². The highest BCUT2D eigenvalue weighted by atomic mass is 32.1. The van der Waals surface area contributed by atoms with Gasteiger partial charge in [0.05, 0.1) is 5.56 Å². The van der Waals surface area contributed by atoms with Crippen LogP contribution in [-0.4, -0.2) is 17.7 Å². The lowest BCUT2D eigenvalue weighted by atomic mass is 10.2. The fourth-order valence-corrected chi connectivity index (χ4v) is 2.62. The third kappa shape index (κ3) is 3.16. The molecule has 0 saturated carbocycles. The first-order chi connectivity index (χ1) is 8.66. The van der Waals surface area contributed by atoms with Crippen molar-refractivity contribution in [3.63, 3.8) is 0 Å². The quantitative estimate of drug-likeness (QED) is 0.699. The Morgan fingerprint density at radius 1 is 1.06 bits per heavy atom. The summed E-state index contributed by atoms with van der Waals surface area (Å²) in [5, 5.41) is 8.89. The minimum Gasteiger partial charge on any atom is -0.348 e. The van der Waals surface area contributed by atoms with Gasteiger partial charge in [-0.3, -0.25) is 19.7 Å². The van der Waals surface area contributed by atoms with Crippen LogP contribution in [0, 0.1) is 0 Å². The lowest BCUT2D eigenvalue weighted by Crippen LogP contribution is -2.27. The summed E-state index contributed by atoms with van der Waals surface area (Å²) in [6, 6.07) is 0. The lowest BCUT2D eigenvalue weighted by Gasteiger charge is -1.93. The molecule has 0 unspecified atom stereocenters. The van der Waals surface area contributed by atoms with Crippen LogP contribution in [0.15, 0.2) is 10.8 Å². The molecule has 18 heavy (non-hydrogen) atoms. The molecule has 98 valence electrons. The van der Waals surface area contributed by atoms with Gasteiger partial charge in [0.15, 0.2) is 0 Å². The van der Waals surface area contributed by atoms with Gasteiger partial charge in [-0.25, -0.2) is 0 Å². The predicted octanol–water partition coefficient (Wildman–Crippen LogP) is 1.44. The molecule has 6 heteroatoms. The number of amides is 3. The summed E-state index contributed by atoms with van der Waals surface area (Å²) >= 11 is 1.58. The molecular weight excluding hydrogens is 252 g/mol. The van der Waals surface area contributed by atoms with Gasteiger partial charge in [0, 0.05) is 26.2 Å². The van der Waals surface area contributed by atoms with Crippen molar-refractivity contribution in [2.24, 2.45) is 0 Å². The minimum absolute atomic E-state index is 0. The largest absolute Gasteiger partial charge is 0.348 e. The van der Waals surface area contributed by atoms with Crippen LogP contribution in [0.2, 0.25) is 0 Å². The zero-order valence-electron chi connectivity index (χ0n) is 9.82. The monoisotopic (exact) mass is 268 g/mol. The van der Waals surface area contributed by atoms with E-state index in [0.717, 1.165) is 30.5 Å². The fourth-order valence-electron chi connectivity index (χ4n) is 1.78. The van der Waals surface area contributed by atoms with Crippen molar-refractivity contribution in [1.29, 1.82) is 0 Å². The zero-order chi connectivity index (χ0) is 13.0. The number of carbonyl (C=O) groups excluding carboxylic acids is 3. The molecule has 2 aliphatic heterocycles. The summed E-state index contributed by atoms with van der Waals surface area (Å²) in [5.41, 5.74) is 2.00. The van der Waals surface area contributed by atoms with Gasteiger partial charge in [-0.2, -0.15) is 11.3 Å². The molecule has 0 atom stereocenters. The third-order valence-electron chi connectivity index (χ3n) is 2.76. The molecule has 1 aromatic rings. The molecule has 0 spiro atoms. The Morgan fingerprint density at radius 3 is 2.33 bits per heavy atom. The van der Waals surface area contributed by atoms with Crippen LogP contribution in [-0.2, 0) is 16.1 Å². The van der Waals surface area contributed by atoms with E-state index in [4.69, 9.17) is 0 Å². The Hall–Kier alpha value is -1.69. The minimum atomic E-state index is -0.127. The molecule has 1 saturated heterocycles. The molecule has 2 aliphatic rings. The summed E-state index contributed by atoms with van der Waals surface area (Å²) in [6.45, 7) is 0.720. The predicted molar refractivity (Wildman–Crippen MR) is 69.2 cm³/mol. The van der Waals surface area contributed by atoms with Crippen LogP contribution in [0.1, 0.15) is 43.0 Å². The maximum atomic E-state index is 10.8. The normalized spacial score (nSPS) is 18.1. The van der Waals surface area contributed by atoms with Crippen molar-refractivity contribution >= 4 is 29.1 Å². The molecule has 0 radical (unpaired) electrons. The number of hydrogen-bond acceptors (Lipinski definition) is 4. The maximum Gasteiger partial charge on any atom is 0.252 e. The van der Waals surface area contributed by atoms with Crippen LogP contribution >= 0.6 is 11.3 Å². The van der Waals surface area contributed by atoms with Gasteiger partial charge in [-0.15, -0.1) is 0 Å². The van der Waals surface area contributed by atoms with Crippen LogP contribution in [0.25, 0.3) is 0 Å². The van der Waals surface area contributed by atoms with E-state index in [1.54, 1.807) is 11.3 Å². The van der Waals surface area contributed by atoms with E-state index in [9.17, 15) is 14.4 Å².